The van der Waals surface area contributed by atoms with Gasteiger partial charge >= 0.3 is 12.1 Å². The lowest BCUT2D eigenvalue weighted by Crippen LogP contribution is -2.42. The van der Waals surface area contributed by atoms with Gasteiger partial charge in [-0.25, -0.2) is 14.8 Å². The van der Waals surface area contributed by atoms with E-state index in [-0.39, 0.29) is 5.41 Å². The number of alkyl halides is 3. The number of likely N-dealkylation sites (tertiary alicyclic amines) is 1. The number of hydrogen-bond donors (Lipinski definition) is 1. The fourth-order valence-electron chi connectivity index (χ4n) is 4.39. The molecule has 1 N–H and O–H groups in total. The summed E-state index contributed by atoms with van der Waals surface area (Å²) in [6.45, 7) is 8.30. The van der Waals surface area contributed by atoms with Gasteiger partial charge in [-0.05, 0) is 31.7 Å². The molecule has 1 aromatic heterocycles. The third kappa shape index (κ3) is 5.27. The molecule has 5 rings (SSSR count). The third-order valence-corrected chi connectivity index (χ3v) is 6.17. The Morgan fingerprint density at radius 3 is 2.58 bits per heavy atom. The number of carbonyl (C=O) groups is 1. The summed E-state index contributed by atoms with van der Waals surface area (Å²) >= 11 is 0. The van der Waals surface area contributed by atoms with Crippen molar-refractivity contribution < 1.29 is 32.5 Å². The Morgan fingerprint density at radius 1 is 1.23 bits per heavy atom. The molecular formula is C20H27F3N4O4. The molecule has 4 heterocycles. The van der Waals surface area contributed by atoms with Crippen molar-refractivity contribution in [1.82, 2.24) is 14.9 Å². The van der Waals surface area contributed by atoms with E-state index in [2.05, 4.69) is 14.8 Å². The van der Waals surface area contributed by atoms with Crippen LogP contribution in [0, 0.1) is 5.92 Å². The van der Waals surface area contributed by atoms with E-state index in [1.807, 2.05) is 6.20 Å². The molecule has 0 radical (unpaired) electrons. The Kier molecular flexibility index (Phi) is 6.36. The van der Waals surface area contributed by atoms with Crippen LogP contribution < -0.4 is 4.90 Å². The van der Waals surface area contributed by atoms with Crippen molar-refractivity contribution in [3.8, 4) is 0 Å². The van der Waals surface area contributed by atoms with Crippen molar-refractivity contribution in [1.29, 1.82) is 0 Å². The largest absolute Gasteiger partial charge is 0.490 e. The highest BCUT2D eigenvalue weighted by molar-refractivity contribution is 5.73. The van der Waals surface area contributed by atoms with E-state index < -0.39 is 12.1 Å². The Hall–Kier alpha value is -1.98. The fraction of sp³-hybridized carbons (Fsp3) is 0.750. The zero-order chi connectivity index (χ0) is 22.1. The molecular weight excluding hydrogens is 417 g/mol. The van der Waals surface area contributed by atoms with Gasteiger partial charge in [-0.15, -0.1) is 0 Å². The van der Waals surface area contributed by atoms with Crippen LogP contribution in [0.5, 0.6) is 0 Å². The van der Waals surface area contributed by atoms with E-state index in [4.69, 9.17) is 24.4 Å². The maximum absolute atomic E-state index is 10.6. The Labute approximate surface area is 178 Å². The van der Waals surface area contributed by atoms with Crippen LogP contribution in [0.15, 0.2) is 6.20 Å². The van der Waals surface area contributed by atoms with Crippen LogP contribution in [0.1, 0.15) is 30.5 Å². The SMILES string of the molecule is O=C(O)C(F)(F)F.c1nc(N2CCOCC2)nc2c1COCC21CCN(CC2CC2)C1. The highest BCUT2D eigenvalue weighted by Gasteiger charge is 2.46. The molecule has 1 unspecified atom stereocenters. The Bertz CT molecular complexity index is 799. The standard InChI is InChI=1S/C18H26N4O2.C2HF3O2/c1-2-14(1)10-21-4-3-18(12-21)13-24-11-15-9-19-17(20-16(15)18)22-5-7-23-8-6-22;3-2(4,5)1(6)7/h9,14H,1-8,10-13H2;(H,6,7). The topological polar surface area (TPSA) is 88.0 Å². The molecule has 0 amide bonds. The summed E-state index contributed by atoms with van der Waals surface area (Å²) in [7, 11) is 0. The molecule has 0 aromatic carbocycles. The molecule has 1 spiro atoms. The lowest BCUT2D eigenvalue weighted by atomic mass is 9.80. The first kappa shape index (κ1) is 22.2. The van der Waals surface area contributed by atoms with E-state index in [9.17, 15) is 13.2 Å². The molecule has 172 valence electrons. The van der Waals surface area contributed by atoms with Crippen molar-refractivity contribution in [2.24, 2.45) is 5.92 Å². The molecule has 3 fully saturated rings. The van der Waals surface area contributed by atoms with Gasteiger partial charge in [0.25, 0.3) is 0 Å². The molecule has 1 atom stereocenters. The van der Waals surface area contributed by atoms with E-state index >= 15 is 0 Å². The van der Waals surface area contributed by atoms with E-state index in [1.165, 1.54) is 37.2 Å². The number of ether oxygens (including phenoxy) is 2. The summed E-state index contributed by atoms with van der Waals surface area (Å²) < 4.78 is 43.1. The van der Waals surface area contributed by atoms with Gasteiger partial charge in [0, 0.05) is 37.9 Å². The van der Waals surface area contributed by atoms with Crippen LogP contribution in [0.3, 0.4) is 0 Å². The number of rotatable bonds is 3. The van der Waals surface area contributed by atoms with Crippen molar-refractivity contribution in [2.75, 3.05) is 57.4 Å². The first-order chi connectivity index (χ1) is 14.8. The van der Waals surface area contributed by atoms with Gasteiger partial charge in [-0.2, -0.15) is 13.2 Å². The van der Waals surface area contributed by atoms with Gasteiger partial charge in [0.05, 0.1) is 37.5 Å². The highest BCUT2D eigenvalue weighted by Crippen LogP contribution is 2.41. The molecule has 1 saturated carbocycles. The molecule has 3 aliphatic heterocycles. The molecule has 4 aliphatic rings. The number of morpholine rings is 1. The maximum Gasteiger partial charge on any atom is 0.490 e. The minimum atomic E-state index is -5.08. The number of aromatic nitrogens is 2. The van der Waals surface area contributed by atoms with Gasteiger partial charge in [-0.3, -0.25) is 0 Å². The summed E-state index contributed by atoms with van der Waals surface area (Å²) in [5, 5.41) is 7.12. The van der Waals surface area contributed by atoms with Crippen LogP contribution in [0.2, 0.25) is 0 Å². The zero-order valence-electron chi connectivity index (χ0n) is 17.2. The van der Waals surface area contributed by atoms with Gasteiger partial charge in [0.2, 0.25) is 5.95 Å². The summed E-state index contributed by atoms with van der Waals surface area (Å²) in [4.78, 5) is 23.4. The lowest BCUT2D eigenvalue weighted by molar-refractivity contribution is -0.192. The quantitative estimate of drug-likeness (QED) is 0.756. The van der Waals surface area contributed by atoms with Crippen molar-refractivity contribution in [2.45, 2.75) is 37.5 Å². The summed E-state index contributed by atoms with van der Waals surface area (Å²) in [6, 6.07) is 0. The number of halogens is 3. The number of carboxylic acid groups (broad SMARTS) is 1. The Balaban J connectivity index is 0.000000289. The van der Waals surface area contributed by atoms with Crippen molar-refractivity contribution >= 4 is 11.9 Å². The van der Waals surface area contributed by atoms with E-state index in [0.717, 1.165) is 57.7 Å². The predicted octanol–water partition coefficient (Wildman–Crippen LogP) is 1.83. The Morgan fingerprint density at radius 2 is 1.94 bits per heavy atom. The maximum atomic E-state index is 10.6. The molecule has 1 aliphatic carbocycles. The molecule has 1 aromatic rings. The van der Waals surface area contributed by atoms with Crippen LogP contribution in [-0.4, -0.2) is 84.7 Å². The fourth-order valence-corrected chi connectivity index (χ4v) is 4.39. The van der Waals surface area contributed by atoms with Crippen LogP contribution in [0.25, 0.3) is 0 Å². The van der Waals surface area contributed by atoms with Gasteiger partial charge < -0.3 is 24.4 Å². The van der Waals surface area contributed by atoms with Crippen LogP contribution >= 0.6 is 0 Å². The second-order valence-electron chi connectivity index (χ2n) is 8.65. The number of carboxylic acids is 1. The smallest absolute Gasteiger partial charge is 0.475 e. The first-order valence-corrected chi connectivity index (χ1v) is 10.6. The highest BCUT2D eigenvalue weighted by atomic mass is 19.4. The number of nitrogens with zero attached hydrogens (tertiary/aromatic N) is 4. The lowest BCUT2D eigenvalue weighted by Gasteiger charge is -2.35. The minimum Gasteiger partial charge on any atom is -0.475 e. The minimum absolute atomic E-state index is 0.0758. The predicted molar refractivity (Wildman–Crippen MR) is 104 cm³/mol. The molecule has 8 nitrogen and oxygen atoms in total. The summed E-state index contributed by atoms with van der Waals surface area (Å²) in [5.74, 6) is -0.940. The molecule has 0 bridgehead atoms. The average Bonchev–Trinajstić information content (AvgIpc) is 3.48. The normalized spacial score (nSPS) is 26.4. The summed E-state index contributed by atoms with van der Waals surface area (Å²) in [6.07, 6.45) is 0.906. The van der Waals surface area contributed by atoms with Gasteiger partial charge in [0.1, 0.15) is 0 Å². The van der Waals surface area contributed by atoms with Crippen molar-refractivity contribution in [3.05, 3.63) is 17.5 Å². The van der Waals surface area contributed by atoms with Gasteiger partial charge in [0.15, 0.2) is 0 Å². The number of fused-ring (bicyclic) bond motifs is 2. The monoisotopic (exact) mass is 444 g/mol. The molecule has 11 heteroatoms. The molecule has 2 saturated heterocycles. The van der Waals surface area contributed by atoms with Crippen LogP contribution in [0.4, 0.5) is 19.1 Å². The number of aliphatic carboxylic acids is 1. The third-order valence-electron chi connectivity index (χ3n) is 6.17. The average molecular weight is 444 g/mol. The summed E-state index contributed by atoms with van der Waals surface area (Å²) in [5.41, 5.74) is 2.52. The van der Waals surface area contributed by atoms with E-state index in [1.54, 1.807) is 0 Å². The zero-order valence-corrected chi connectivity index (χ0v) is 17.2. The van der Waals surface area contributed by atoms with Crippen molar-refractivity contribution in [3.63, 3.8) is 0 Å². The number of hydrogen-bond acceptors (Lipinski definition) is 7. The first-order valence-electron chi connectivity index (χ1n) is 10.6. The second-order valence-corrected chi connectivity index (χ2v) is 8.65. The van der Waals surface area contributed by atoms with Crippen LogP contribution in [-0.2, 0) is 26.3 Å². The van der Waals surface area contributed by atoms with Gasteiger partial charge in [-0.1, -0.05) is 0 Å². The second kappa shape index (κ2) is 8.87. The molecule has 31 heavy (non-hydrogen) atoms. The van der Waals surface area contributed by atoms with E-state index in [0.29, 0.717) is 6.61 Å². The number of anilines is 1.